The number of aliphatic hydroxyl groups is 2. The maximum Gasteiger partial charge on any atom is 1.00 e. The molecule has 0 aromatic heterocycles. The van der Waals surface area contributed by atoms with Crippen molar-refractivity contribution >= 4 is 5.97 Å². The fourth-order valence-corrected chi connectivity index (χ4v) is 0.214. The van der Waals surface area contributed by atoms with Crippen LogP contribution in [0.15, 0.2) is 0 Å². The summed E-state index contributed by atoms with van der Waals surface area (Å²) in [4.78, 5) is 9.60. The van der Waals surface area contributed by atoms with Gasteiger partial charge in [-0.15, -0.1) is 6.79 Å². The molecule has 0 bridgehead atoms. The molecule has 0 aromatic rings. The van der Waals surface area contributed by atoms with Gasteiger partial charge in [-0.1, -0.05) is 6.92 Å². The normalized spacial score (nSPS) is 6.70. The van der Waals surface area contributed by atoms with Crippen LogP contribution in [0.4, 0.5) is 0 Å². The molecule has 0 heterocycles. The third-order valence-corrected chi connectivity index (χ3v) is 0.464. The van der Waals surface area contributed by atoms with E-state index in [0.717, 1.165) is 6.42 Å². The monoisotopic (exact) mass is 220 g/mol. The molecule has 0 atom stereocenters. The third kappa shape index (κ3) is 35.1. The minimum Gasteiger partial charge on any atom is -0.539 e. The van der Waals surface area contributed by atoms with Gasteiger partial charge in [0.05, 0.1) is 0 Å². The molecule has 0 aliphatic heterocycles. The van der Waals surface area contributed by atoms with Gasteiger partial charge in [0.2, 0.25) is 0 Å². The van der Waals surface area contributed by atoms with E-state index in [2.05, 4.69) is 0 Å². The summed E-state index contributed by atoms with van der Waals surface area (Å²) in [5, 5.41) is 21.9. The molecule has 10 heavy (non-hydrogen) atoms. The Balaban J connectivity index is -0.000000107. The summed E-state index contributed by atoms with van der Waals surface area (Å²) in [7, 11) is 0. The molecule has 0 spiro atoms. The van der Waals surface area contributed by atoms with Crippen LogP contribution in [0.2, 0.25) is 0 Å². The molecule has 0 saturated carbocycles. The van der Waals surface area contributed by atoms with Crippen LogP contribution in [-0.2, 0) is 4.79 Å². The molecule has 4 nitrogen and oxygen atoms in total. The van der Waals surface area contributed by atoms with E-state index < -0.39 is 5.97 Å². The van der Waals surface area contributed by atoms with E-state index in [1.54, 1.807) is 0 Å². The second-order valence-corrected chi connectivity index (χ2v) is 1.26. The van der Waals surface area contributed by atoms with Crippen LogP contribution in [0.3, 0.4) is 0 Å². The number of aliphatic carboxylic acids is 1. The zero-order valence-electron chi connectivity index (χ0n) is 6.24. The van der Waals surface area contributed by atoms with E-state index in [-0.39, 0.29) is 65.0 Å². The molecule has 0 aliphatic rings. The van der Waals surface area contributed by atoms with Crippen molar-refractivity contribution in [3.05, 3.63) is 6.79 Å². The SMILES string of the molecule is CCCC(=O)O.O[CH-]O.[Rb+]. The van der Waals surface area contributed by atoms with Crippen molar-refractivity contribution in [1.29, 1.82) is 0 Å². The van der Waals surface area contributed by atoms with Crippen LogP contribution < -0.4 is 58.2 Å². The molecule has 0 rings (SSSR count). The maximum absolute atomic E-state index is 9.60. The van der Waals surface area contributed by atoms with Crippen molar-refractivity contribution in [1.82, 2.24) is 0 Å². The Morgan fingerprint density at radius 2 is 1.80 bits per heavy atom. The minimum absolute atomic E-state index is 0. The summed E-state index contributed by atoms with van der Waals surface area (Å²) in [5.74, 6) is -0.711. The van der Waals surface area contributed by atoms with Gasteiger partial charge in [-0.3, -0.25) is 4.79 Å². The summed E-state index contributed by atoms with van der Waals surface area (Å²) in [5.41, 5.74) is 0. The van der Waals surface area contributed by atoms with Gasteiger partial charge in [-0.05, 0) is 6.42 Å². The molecule has 0 fully saturated rings. The Bertz CT molecular complexity index is 66.7. The molecule has 0 aliphatic carbocycles. The average Bonchev–Trinajstić information content (AvgIpc) is 1.67. The molecule has 0 aromatic carbocycles. The second kappa shape index (κ2) is 16.7. The first kappa shape index (κ1) is 17.3. The smallest absolute Gasteiger partial charge is 0.539 e. The number of hydrogen-bond donors (Lipinski definition) is 3. The predicted molar refractivity (Wildman–Crippen MR) is 30.7 cm³/mol. The van der Waals surface area contributed by atoms with Crippen LogP contribution in [0.1, 0.15) is 19.8 Å². The Kier molecular flexibility index (Phi) is 28.8. The quantitative estimate of drug-likeness (QED) is 0.459. The van der Waals surface area contributed by atoms with Gasteiger partial charge in [-0.2, -0.15) is 0 Å². The van der Waals surface area contributed by atoms with E-state index >= 15 is 0 Å². The third-order valence-electron chi connectivity index (χ3n) is 0.464. The van der Waals surface area contributed by atoms with Crippen molar-refractivity contribution in [2.24, 2.45) is 0 Å². The molecular formula is C5H11O4Rb. The van der Waals surface area contributed by atoms with E-state index in [9.17, 15) is 4.79 Å². The number of carboxylic acid groups (broad SMARTS) is 1. The second-order valence-electron chi connectivity index (χ2n) is 1.26. The van der Waals surface area contributed by atoms with Crippen molar-refractivity contribution in [2.75, 3.05) is 0 Å². The van der Waals surface area contributed by atoms with Crippen molar-refractivity contribution in [2.45, 2.75) is 19.8 Å². The van der Waals surface area contributed by atoms with Crippen molar-refractivity contribution in [3.8, 4) is 0 Å². The first-order valence-electron chi connectivity index (χ1n) is 2.50. The molecule has 0 unspecified atom stereocenters. The summed E-state index contributed by atoms with van der Waals surface area (Å²) in [6.45, 7) is 1.84. The summed E-state index contributed by atoms with van der Waals surface area (Å²) in [6.07, 6.45) is 1.02. The predicted octanol–water partition coefficient (Wildman–Crippen LogP) is -2.27. The number of carboxylic acids is 1. The largest absolute Gasteiger partial charge is 1.00 e. The van der Waals surface area contributed by atoms with Gasteiger partial charge >= 0.3 is 64.2 Å². The summed E-state index contributed by atoms with van der Waals surface area (Å²) in [6, 6.07) is 0. The Morgan fingerprint density at radius 3 is 1.80 bits per heavy atom. The maximum atomic E-state index is 9.60. The first-order valence-corrected chi connectivity index (χ1v) is 2.50. The van der Waals surface area contributed by atoms with E-state index in [4.69, 9.17) is 15.3 Å². The number of carbonyl (C=O) groups is 1. The number of hydrogen-bond acceptors (Lipinski definition) is 3. The zero-order chi connectivity index (χ0) is 7.70. The van der Waals surface area contributed by atoms with Crippen molar-refractivity contribution in [3.63, 3.8) is 0 Å². The summed E-state index contributed by atoms with van der Waals surface area (Å²) >= 11 is 0. The van der Waals surface area contributed by atoms with Gasteiger partial charge in [-0.25, -0.2) is 0 Å². The topological polar surface area (TPSA) is 77.8 Å². The van der Waals surface area contributed by atoms with Crippen LogP contribution in [0.25, 0.3) is 0 Å². The van der Waals surface area contributed by atoms with Gasteiger partial charge in [0.1, 0.15) is 0 Å². The molecule has 3 N–H and O–H groups in total. The van der Waals surface area contributed by atoms with Gasteiger partial charge in [0.25, 0.3) is 0 Å². The molecule has 5 heteroatoms. The Morgan fingerprint density at radius 1 is 1.50 bits per heavy atom. The van der Waals surface area contributed by atoms with Crippen molar-refractivity contribution < 1.29 is 78.3 Å². The average molecular weight is 221 g/mol. The van der Waals surface area contributed by atoms with Gasteiger partial charge < -0.3 is 15.3 Å². The first-order chi connectivity index (χ1) is 4.18. The molecule has 0 radical (unpaired) electrons. The Hall–Kier alpha value is 1.20. The zero-order valence-corrected chi connectivity index (χ0v) is 11.2. The fraction of sp³-hybridized carbons (Fsp3) is 0.600. The van der Waals surface area contributed by atoms with E-state index in [1.807, 2.05) is 6.92 Å². The molecule has 56 valence electrons. The molecular weight excluding hydrogens is 210 g/mol. The van der Waals surface area contributed by atoms with Crippen LogP contribution in [0.5, 0.6) is 0 Å². The molecule has 0 amide bonds. The fourth-order valence-electron chi connectivity index (χ4n) is 0.214. The number of rotatable bonds is 2. The molecule has 0 saturated heterocycles. The van der Waals surface area contributed by atoms with E-state index in [1.165, 1.54) is 0 Å². The van der Waals surface area contributed by atoms with E-state index in [0.29, 0.717) is 6.42 Å². The van der Waals surface area contributed by atoms with Crippen LogP contribution in [-0.4, -0.2) is 21.3 Å². The van der Waals surface area contributed by atoms with Crippen LogP contribution in [0, 0.1) is 6.79 Å². The number of aliphatic hydroxyl groups excluding tert-OH is 1. The Labute approximate surface area is 109 Å². The van der Waals surface area contributed by atoms with Gasteiger partial charge in [0, 0.05) is 6.42 Å². The van der Waals surface area contributed by atoms with Crippen LogP contribution >= 0.6 is 0 Å². The minimum atomic E-state index is -0.711. The van der Waals surface area contributed by atoms with Gasteiger partial charge in [0.15, 0.2) is 0 Å². The standard InChI is InChI=1S/C4H8O2.CH3O2.Rb/c1-2-3-4(5)6;2-1-3;/h2-3H2,1H3,(H,5,6);1-3H;/q;-1;+1. The summed E-state index contributed by atoms with van der Waals surface area (Å²) < 4.78 is 0.